The number of ether oxygens (including phenoxy) is 2. The maximum absolute atomic E-state index is 13.1. The number of thioether (sulfide) groups is 1. The van der Waals surface area contributed by atoms with Gasteiger partial charge in [0.05, 0.1) is 24.4 Å². The van der Waals surface area contributed by atoms with E-state index < -0.39 is 12.3 Å². The van der Waals surface area contributed by atoms with E-state index in [9.17, 15) is 24.6 Å². The van der Waals surface area contributed by atoms with Crippen molar-refractivity contribution in [1.29, 1.82) is 0 Å². The van der Waals surface area contributed by atoms with Gasteiger partial charge in [-0.05, 0) is 66.6 Å². The largest absolute Gasteiger partial charge is 0.478 e. The van der Waals surface area contributed by atoms with Gasteiger partial charge >= 0.3 is 5.97 Å². The number of hydrogen-bond donors (Lipinski definition) is 3. The van der Waals surface area contributed by atoms with E-state index >= 15 is 0 Å². The molecular weight excluding hydrogens is 566 g/mol. The van der Waals surface area contributed by atoms with Gasteiger partial charge in [0.2, 0.25) is 0 Å². The van der Waals surface area contributed by atoms with Crippen molar-refractivity contribution in [1.82, 2.24) is 0 Å². The van der Waals surface area contributed by atoms with Crippen molar-refractivity contribution < 1.29 is 34.1 Å². The van der Waals surface area contributed by atoms with Crippen LogP contribution in [-0.2, 0) is 16.1 Å². The lowest BCUT2D eigenvalue weighted by Crippen LogP contribution is -2.31. The number of amides is 1. The van der Waals surface area contributed by atoms with Crippen molar-refractivity contribution in [2.75, 3.05) is 11.1 Å². The molecule has 4 aromatic carbocycles. The van der Waals surface area contributed by atoms with Gasteiger partial charge in [-0.25, -0.2) is 4.79 Å². The molecule has 0 aromatic heterocycles. The first-order chi connectivity index (χ1) is 20.8. The van der Waals surface area contributed by atoms with Crippen molar-refractivity contribution in [2.45, 2.75) is 43.3 Å². The second-order valence-electron chi connectivity index (χ2n) is 10.2. The summed E-state index contributed by atoms with van der Waals surface area (Å²) in [4.78, 5) is 37.0. The fourth-order valence-electron chi connectivity index (χ4n) is 4.75. The lowest BCUT2D eigenvalue weighted by atomic mass is 10.0. The van der Waals surface area contributed by atoms with Crippen LogP contribution in [0.25, 0.3) is 0 Å². The lowest BCUT2D eigenvalue weighted by Gasteiger charge is -2.36. The molecular formula is C34H31NO7S. The number of carboxylic acid groups (broad SMARTS) is 1. The zero-order valence-electron chi connectivity index (χ0n) is 23.4. The quantitative estimate of drug-likeness (QED) is 0.137. The third-order valence-electron chi connectivity index (χ3n) is 7.10. The molecule has 43 heavy (non-hydrogen) atoms. The number of rotatable bonds is 10. The Bertz CT molecular complexity index is 1600. The van der Waals surface area contributed by atoms with Gasteiger partial charge in [0, 0.05) is 39.4 Å². The molecule has 3 N–H and O–H groups in total. The van der Waals surface area contributed by atoms with Crippen LogP contribution in [0.5, 0.6) is 0 Å². The maximum Gasteiger partial charge on any atom is 0.335 e. The van der Waals surface area contributed by atoms with Crippen LogP contribution in [0.15, 0.2) is 102 Å². The number of carboxylic acids is 1. The van der Waals surface area contributed by atoms with Crippen molar-refractivity contribution in [3.05, 3.63) is 130 Å². The maximum atomic E-state index is 13.1. The molecule has 9 heteroatoms. The Balaban J connectivity index is 1.34. The molecule has 220 valence electrons. The molecule has 0 spiro atoms. The van der Waals surface area contributed by atoms with Crippen LogP contribution in [0.2, 0.25) is 0 Å². The average molecular weight is 598 g/mol. The van der Waals surface area contributed by atoms with Crippen LogP contribution in [0.3, 0.4) is 0 Å². The predicted molar refractivity (Wildman–Crippen MR) is 163 cm³/mol. The number of aromatic carboxylic acids is 1. The number of ketones is 1. The number of carbonyl (C=O) groups excluding carboxylic acids is 2. The summed E-state index contributed by atoms with van der Waals surface area (Å²) in [6.07, 6.45) is -0.664. The van der Waals surface area contributed by atoms with E-state index in [-0.39, 0.29) is 36.1 Å². The van der Waals surface area contributed by atoms with E-state index in [0.29, 0.717) is 34.6 Å². The van der Waals surface area contributed by atoms with Crippen molar-refractivity contribution in [2.24, 2.45) is 0 Å². The minimum atomic E-state index is -0.970. The Morgan fingerprint density at radius 3 is 2.26 bits per heavy atom. The van der Waals surface area contributed by atoms with E-state index in [2.05, 4.69) is 5.32 Å². The van der Waals surface area contributed by atoms with E-state index in [4.69, 9.17) is 9.47 Å². The van der Waals surface area contributed by atoms with Gasteiger partial charge in [0.1, 0.15) is 0 Å². The highest BCUT2D eigenvalue weighted by atomic mass is 32.2. The molecule has 3 unspecified atom stereocenters. The topological polar surface area (TPSA) is 122 Å². The number of anilines is 1. The normalized spacial score (nSPS) is 18.1. The molecule has 3 atom stereocenters. The van der Waals surface area contributed by atoms with E-state index in [1.54, 1.807) is 78.5 Å². The zero-order valence-corrected chi connectivity index (χ0v) is 24.3. The average Bonchev–Trinajstić information content (AvgIpc) is 3.04. The molecule has 8 nitrogen and oxygen atoms in total. The third kappa shape index (κ3) is 7.77. The predicted octanol–water partition coefficient (Wildman–Crippen LogP) is 6.67. The minimum Gasteiger partial charge on any atom is -0.478 e. The smallest absolute Gasteiger partial charge is 0.335 e. The van der Waals surface area contributed by atoms with Gasteiger partial charge in [-0.15, -0.1) is 11.8 Å². The second kappa shape index (κ2) is 13.8. The van der Waals surface area contributed by atoms with Gasteiger partial charge in [0.25, 0.3) is 5.91 Å². The second-order valence-corrected chi connectivity index (χ2v) is 11.3. The molecule has 5 rings (SSSR count). The van der Waals surface area contributed by atoms with Crippen LogP contribution in [0, 0.1) is 0 Å². The number of carbonyl (C=O) groups is 3. The van der Waals surface area contributed by atoms with E-state index in [0.717, 1.165) is 16.0 Å². The lowest BCUT2D eigenvalue weighted by molar-refractivity contribution is -0.245. The minimum absolute atomic E-state index is 0.0502. The number of hydrogen-bond acceptors (Lipinski definition) is 7. The summed E-state index contributed by atoms with van der Waals surface area (Å²) in [6, 6.07) is 28.2. The zero-order chi connectivity index (χ0) is 30.3. The Kier molecular flexibility index (Phi) is 9.68. The Hall–Kier alpha value is -4.28. The van der Waals surface area contributed by atoms with Crippen molar-refractivity contribution in [3.63, 3.8) is 0 Å². The summed E-state index contributed by atoms with van der Waals surface area (Å²) in [6.45, 7) is 1.43. The standard InChI is InChI=1S/C34H31NO7S/c1-21(37)25-4-3-7-28(17-25)35-32(38)26-5-2-6-27(16-26)34-41-29(20-43-30-14-12-24(13-15-30)33(39)40)18-31(42-34)23-10-8-22(19-36)9-11-23/h2-17,29,31,34,36H,18-20H2,1H3,(H,35,38)(H,39,40). The first-order valence-corrected chi connectivity index (χ1v) is 14.8. The third-order valence-corrected chi connectivity index (χ3v) is 8.24. The van der Waals surface area contributed by atoms with Crippen molar-refractivity contribution >= 4 is 35.1 Å². The van der Waals surface area contributed by atoms with Gasteiger partial charge in [-0.1, -0.05) is 48.5 Å². The van der Waals surface area contributed by atoms with E-state index in [1.807, 2.05) is 30.3 Å². The first kappa shape index (κ1) is 30.2. The van der Waals surface area contributed by atoms with Gasteiger partial charge in [0.15, 0.2) is 12.1 Å². The number of aliphatic hydroxyl groups excluding tert-OH is 1. The van der Waals surface area contributed by atoms with Crippen LogP contribution in [0.1, 0.15) is 73.5 Å². The Labute approximate surface area is 253 Å². The van der Waals surface area contributed by atoms with Crippen LogP contribution < -0.4 is 5.32 Å². The Morgan fingerprint density at radius 2 is 1.56 bits per heavy atom. The molecule has 1 saturated heterocycles. The van der Waals surface area contributed by atoms with E-state index in [1.165, 1.54) is 6.92 Å². The molecule has 0 radical (unpaired) electrons. The fraction of sp³-hybridized carbons (Fsp3) is 0.206. The summed E-state index contributed by atoms with van der Waals surface area (Å²) in [5.41, 5.74) is 4.11. The van der Waals surface area contributed by atoms with Gasteiger partial charge in [-0.2, -0.15) is 0 Å². The Morgan fingerprint density at radius 1 is 0.837 bits per heavy atom. The molecule has 1 amide bonds. The number of Topliss-reactive ketones (excluding diaryl/α,β-unsaturated/α-hetero) is 1. The number of benzene rings is 4. The molecule has 1 aliphatic rings. The molecule has 1 aliphatic heterocycles. The SMILES string of the molecule is CC(=O)c1cccc(NC(=O)c2cccc(C3OC(CSc4ccc(C(=O)O)cc4)CC(c4ccc(CO)cc4)O3)c2)c1. The number of aliphatic hydroxyl groups is 1. The van der Waals surface area contributed by atoms with Crippen molar-refractivity contribution in [3.8, 4) is 0 Å². The highest BCUT2D eigenvalue weighted by molar-refractivity contribution is 7.99. The summed E-state index contributed by atoms with van der Waals surface area (Å²) in [5.74, 6) is -0.783. The summed E-state index contributed by atoms with van der Waals surface area (Å²) < 4.78 is 12.8. The number of nitrogens with one attached hydrogen (secondary N) is 1. The summed E-state index contributed by atoms with van der Waals surface area (Å²) in [7, 11) is 0. The summed E-state index contributed by atoms with van der Waals surface area (Å²) in [5, 5.41) is 21.5. The van der Waals surface area contributed by atoms with Gasteiger partial charge < -0.3 is 25.0 Å². The molecule has 0 aliphatic carbocycles. The van der Waals surface area contributed by atoms with Gasteiger partial charge in [-0.3, -0.25) is 9.59 Å². The molecule has 1 heterocycles. The molecule has 0 saturated carbocycles. The van der Waals surface area contributed by atoms with Crippen LogP contribution in [-0.4, -0.2) is 39.7 Å². The molecule has 0 bridgehead atoms. The monoisotopic (exact) mass is 597 g/mol. The summed E-state index contributed by atoms with van der Waals surface area (Å²) >= 11 is 1.57. The highest BCUT2D eigenvalue weighted by Gasteiger charge is 2.32. The molecule has 4 aromatic rings. The molecule has 1 fully saturated rings. The fourth-order valence-corrected chi connectivity index (χ4v) is 5.67. The van der Waals surface area contributed by atoms with Crippen LogP contribution in [0.4, 0.5) is 5.69 Å². The highest BCUT2D eigenvalue weighted by Crippen LogP contribution is 2.39. The van der Waals surface area contributed by atoms with Crippen LogP contribution >= 0.6 is 11.8 Å². The first-order valence-electron chi connectivity index (χ1n) is 13.8.